The molecule has 20 heavy (non-hydrogen) atoms. The molecule has 2 nitrogen and oxygen atoms in total. The van der Waals surface area contributed by atoms with Gasteiger partial charge in [0.05, 0.1) is 4.47 Å². The minimum absolute atomic E-state index is 0.215. The Morgan fingerprint density at radius 1 is 1.15 bits per heavy atom. The van der Waals surface area contributed by atoms with Gasteiger partial charge in [0.15, 0.2) is 11.6 Å². The number of benzene rings is 2. The van der Waals surface area contributed by atoms with E-state index in [1.165, 1.54) is 17.5 Å². The van der Waals surface area contributed by atoms with E-state index in [0.717, 1.165) is 18.4 Å². The van der Waals surface area contributed by atoms with E-state index >= 15 is 0 Å². The fourth-order valence-electron chi connectivity index (χ4n) is 2.55. The second kappa shape index (κ2) is 5.54. The maximum Gasteiger partial charge on any atom is 0.180 e. The van der Waals surface area contributed by atoms with Gasteiger partial charge in [0, 0.05) is 6.54 Å². The highest BCUT2D eigenvalue weighted by molar-refractivity contribution is 9.10. The lowest BCUT2D eigenvalue weighted by molar-refractivity contribution is 0.439. The normalized spacial score (nSPS) is 13.3. The molecule has 2 N–H and O–H groups in total. The van der Waals surface area contributed by atoms with Gasteiger partial charge in [-0.25, -0.2) is 4.39 Å². The molecule has 0 aliphatic heterocycles. The third-order valence-electron chi connectivity index (χ3n) is 3.64. The van der Waals surface area contributed by atoms with Gasteiger partial charge in [-0.1, -0.05) is 12.1 Å². The summed E-state index contributed by atoms with van der Waals surface area (Å²) in [5.74, 6) is 0.484. The number of aryl methyl sites for hydroxylation is 2. The van der Waals surface area contributed by atoms with Gasteiger partial charge in [0.25, 0.3) is 0 Å². The predicted octanol–water partition coefficient (Wildman–Crippen LogP) is 4.33. The van der Waals surface area contributed by atoms with Gasteiger partial charge in [-0.05, 0) is 70.1 Å². The Labute approximate surface area is 125 Å². The summed E-state index contributed by atoms with van der Waals surface area (Å²) in [5, 5.41) is 0. The quantitative estimate of drug-likeness (QED) is 0.906. The Morgan fingerprint density at radius 3 is 2.75 bits per heavy atom. The molecular formula is C16H15BrFNO. The van der Waals surface area contributed by atoms with E-state index in [4.69, 9.17) is 10.5 Å². The molecule has 0 fully saturated rings. The Morgan fingerprint density at radius 2 is 1.95 bits per heavy atom. The molecule has 1 aliphatic carbocycles. The van der Waals surface area contributed by atoms with Crippen LogP contribution < -0.4 is 10.5 Å². The number of fused-ring (bicyclic) bond motifs is 1. The molecule has 0 saturated carbocycles. The van der Waals surface area contributed by atoms with Crippen molar-refractivity contribution in [3.63, 3.8) is 0 Å². The van der Waals surface area contributed by atoms with Crippen molar-refractivity contribution in [1.29, 1.82) is 0 Å². The monoisotopic (exact) mass is 335 g/mol. The summed E-state index contributed by atoms with van der Waals surface area (Å²) in [5.41, 5.74) is 8.95. The van der Waals surface area contributed by atoms with Crippen molar-refractivity contribution in [2.45, 2.75) is 25.8 Å². The standard InChI is InChI=1S/C16H15BrFNO/c17-15-12(9-19)5-7-14(16(15)18)20-13-6-4-10-2-1-3-11(10)8-13/h4-8H,1-3,9,19H2. The van der Waals surface area contributed by atoms with Crippen LogP contribution in [0.25, 0.3) is 0 Å². The van der Waals surface area contributed by atoms with Crippen molar-refractivity contribution in [3.8, 4) is 11.5 Å². The Hall–Kier alpha value is -1.39. The van der Waals surface area contributed by atoms with Gasteiger partial charge in [-0.15, -0.1) is 0 Å². The maximum absolute atomic E-state index is 14.2. The van der Waals surface area contributed by atoms with E-state index in [0.29, 0.717) is 10.2 Å². The summed E-state index contributed by atoms with van der Waals surface area (Å²) in [6.07, 6.45) is 3.38. The molecule has 0 amide bonds. The highest BCUT2D eigenvalue weighted by Gasteiger charge is 2.15. The number of rotatable bonds is 3. The first-order chi connectivity index (χ1) is 9.69. The number of hydrogen-bond acceptors (Lipinski definition) is 2. The number of nitrogens with two attached hydrogens (primary N) is 1. The molecule has 0 unspecified atom stereocenters. The van der Waals surface area contributed by atoms with Crippen LogP contribution in [0.4, 0.5) is 4.39 Å². The Bertz CT molecular complexity index is 657. The highest BCUT2D eigenvalue weighted by atomic mass is 79.9. The number of hydrogen-bond donors (Lipinski definition) is 1. The lowest BCUT2D eigenvalue weighted by Crippen LogP contribution is -2.00. The van der Waals surface area contributed by atoms with E-state index in [-0.39, 0.29) is 12.3 Å². The van der Waals surface area contributed by atoms with Gasteiger partial charge in [-0.3, -0.25) is 0 Å². The molecule has 0 bridgehead atoms. The summed E-state index contributed by atoms with van der Waals surface area (Å²) in [6, 6.07) is 9.37. The van der Waals surface area contributed by atoms with Crippen LogP contribution in [-0.2, 0) is 19.4 Å². The second-order valence-corrected chi connectivity index (χ2v) is 5.73. The van der Waals surface area contributed by atoms with Crippen LogP contribution in [0.1, 0.15) is 23.1 Å². The van der Waals surface area contributed by atoms with Gasteiger partial charge < -0.3 is 10.5 Å². The van der Waals surface area contributed by atoms with Crippen molar-refractivity contribution in [1.82, 2.24) is 0 Å². The fraction of sp³-hybridized carbons (Fsp3) is 0.250. The van der Waals surface area contributed by atoms with Crippen LogP contribution in [0, 0.1) is 5.82 Å². The molecule has 0 saturated heterocycles. The van der Waals surface area contributed by atoms with Crippen molar-refractivity contribution in [3.05, 3.63) is 57.3 Å². The van der Waals surface area contributed by atoms with Crippen molar-refractivity contribution in [2.24, 2.45) is 5.73 Å². The zero-order valence-corrected chi connectivity index (χ0v) is 12.5. The molecule has 0 spiro atoms. The zero-order chi connectivity index (χ0) is 14.1. The van der Waals surface area contributed by atoms with Gasteiger partial charge >= 0.3 is 0 Å². The summed E-state index contributed by atoms with van der Waals surface area (Å²) in [4.78, 5) is 0. The van der Waals surface area contributed by atoms with Gasteiger partial charge in [-0.2, -0.15) is 0 Å². The largest absolute Gasteiger partial charge is 0.454 e. The van der Waals surface area contributed by atoms with Crippen LogP contribution in [0.3, 0.4) is 0 Å². The zero-order valence-electron chi connectivity index (χ0n) is 11.0. The maximum atomic E-state index is 14.2. The average Bonchev–Trinajstić information content (AvgIpc) is 2.92. The molecule has 4 heteroatoms. The molecule has 0 aromatic heterocycles. The summed E-state index contributed by atoms with van der Waals surface area (Å²) >= 11 is 3.22. The molecule has 2 aromatic carbocycles. The first kappa shape index (κ1) is 13.6. The topological polar surface area (TPSA) is 35.2 Å². The minimum Gasteiger partial charge on any atom is -0.454 e. The van der Waals surface area contributed by atoms with E-state index in [2.05, 4.69) is 22.0 Å². The SMILES string of the molecule is NCc1ccc(Oc2ccc3c(c2)CCC3)c(F)c1Br. The van der Waals surface area contributed by atoms with E-state index in [1.807, 2.05) is 12.1 Å². The molecule has 0 radical (unpaired) electrons. The van der Waals surface area contributed by atoms with Crippen molar-refractivity contribution in [2.75, 3.05) is 0 Å². The number of ether oxygens (including phenoxy) is 1. The first-order valence-corrected chi connectivity index (χ1v) is 7.45. The summed E-state index contributed by atoms with van der Waals surface area (Å²) < 4.78 is 20.2. The summed E-state index contributed by atoms with van der Waals surface area (Å²) in [6.45, 7) is 0.288. The Kier molecular flexibility index (Phi) is 3.76. The van der Waals surface area contributed by atoms with E-state index in [1.54, 1.807) is 12.1 Å². The molecule has 2 aromatic rings. The predicted molar refractivity (Wildman–Crippen MR) is 80.5 cm³/mol. The highest BCUT2D eigenvalue weighted by Crippen LogP contribution is 2.33. The van der Waals surface area contributed by atoms with Crippen LogP contribution in [0.15, 0.2) is 34.8 Å². The third-order valence-corrected chi connectivity index (χ3v) is 4.50. The first-order valence-electron chi connectivity index (χ1n) is 6.65. The third kappa shape index (κ3) is 2.45. The molecule has 0 heterocycles. The van der Waals surface area contributed by atoms with Crippen LogP contribution in [-0.4, -0.2) is 0 Å². The van der Waals surface area contributed by atoms with Gasteiger partial charge in [0.2, 0.25) is 0 Å². The van der Waals surface area contributed by atoms with Gasteiger partial charge in [0.1, 0.15) is 5.75 Å². The average molecular weight is 336 g/mol. The van der Waals surface area contributed by atoms with Crippen LogP contribution in [0.2, 0.25) is 0 Å². The number of halogens is 2. The van der Waals surface area contributed by atoms with E-state index in [9.17, 15) is 4.39 Å². The van der Waals surface area contributed by atoms with E-state index < -0.39 is 5.82 Å². The minimum atomic E-state index is -0.409. The summed E-state index contributed by atoms with van der Waals surface area (Å²) in [7, 11) is 0. The smallest absolute Gasteiger partial charge is 0.180 e. The molecule has 3 rings (SSSR count). The lowest BCUT2D eigenvalue weighted by Gasteiger charge is -2.11. The van der Waals surface area contributed by atoms with Crippen LogP contribution in [0.5, 0.6) is 11.5 Å². The second-order valence-electron chi connectivity index (χ2n) is 4.94. The van der Waals surface area contributed by atoms with Crippen LogP contribution >= 0.6 is 15.9 Å². The fourth-order valence-corrected chi connectivity index (χ4v) is 3.04. The molecule has 1 aliphatic rings. The van der Waals surface area contributed by atoms with Crippen molar-refractivity contribution < 1.29 is 9.13 Å². The lowest BCUT2D eigenvalue weighted by atomic mass is 10.1. The molecule has 104 valence electrons. The molecule has 0 atom stereocenters. The molecular weight excluding hydrogens is 321 g/mol. The van der Waals surface area contributed by atoms with Crippen molar-refractivity contribution >= 4 is 15.9 Å². The Balaban J connectivity index is 1.90.